The van der Waals surface area contributed by atoms with Crippen LogP contribution in [0, 0.1) is 0 Å². The molecule has 1 aliphatic heterocycles. The maximum Gasteiger partial charge on any atom is 0.319 e. The molecule has 4 nitrogen and oxygen atoms in total. The zero-order chi connectivity index (χ0) is 19.3. The third-order valence-electron chi connectivity index (χ3n) is 5.30. The lowest BCUT2D eigenvalue weighted by molar-refractivity contribution is 0.228. The van der Waals surface area contributed by atoms with E-state index < -0.39 is 0 Å². The van der Waals surface area contributed by atoms with Crippen molar-refractivity contribution in [3.8, 4) is 0 Å². The highest BCUT2D eigenvalue weighted by atomic mass is 35.5. The molecule has 0 aliphatic carbocycles. The molecule has 3 aromatic rings. The molecule has 0 unspecified atom stereocenters. The Hall–Kier alpha value is -2.56. The number of likely N-dealkylation sites (tertiary alicyclic amines) is 1. The highest BCUT2D eigenvalue weighted by molar-refractivity contribution is 6.30. The number of benzene rings is 3. The summed E-state index contributed by atoms with van der Waals surface area (Å²) in [5.74, 6) is 0. The summed E-state index contributed by atoms with van der Waals surface area (Å²) >= 11 is 6.00. The lowest BCUT2D eigenvalue weighted by atomic mass is 9.97. The summed E-state index contributed by atoms with van der Waals surface area (Å²) in [7, 11) is 0. The second-order valence-corrected chi connectivity index (χ2v) is 7.61. The van der Waals surface area contributed by atoms with Gasteiger partial charge in [-0.05, 0) is 60.5 Å². The molecule has 0 spiro atoms. The third-order valence-corrected chi connectivity index (χ3v) is 5.54. The maximum atomic E-state index is 12.5. The van der Waals surface area contributed by atoms with Crippen molar-refractivity contribution in [1.29, 1.82) is 0 Å². The molecule has 1 atom stereocenters. The minimum absolute atomic E-state index is 0.152. The number of hydrogen-bond donors (Lipinski definition) is 2. The van der Waals surface area contributed by atoms with E-state index in [4.69, 9.17) is 11.6 Å². The minimum atomic E-state index is -0.216. The standard InChI is InChI=1S/C23H24ClN3O/c24-18-9-6-10-19(15-18)26-23(28)25-16-22(27-13-3-4-14-27)21-12-5-8-17-7-1-2-11-20(17)21/h1-2,5-12,15,22H,3-4,13-14,16H2,(H2,25,26,28)/t22-/m1/s1. The maximum absolute atomic E-state index is 12.5. The van der Waals surface area contributed by atoms with Gasteiger partial charge in [-0.1, -0.05) is 60.1 Å². The number of amides is 2. The van der Waals surface area contributed by atoms with Crippen molar-refractivity contribution >= 4 is 34.1 Å². The molecule has 1 aliphatic rings. The Bertz CT molecular complexity index is 963. The van der Waals surface area contributed by atoms with Crippen molar-refractivity contribution in [3.05, 3.63) is 77.3 Å². The first-order valence-electron chi connectivity index (χ1n) is 9.73. The summed E-state index contributed by atoms with van der Waals surface area (Å²) in [6.45, 7) is 2.68. The number of nitrogens with one attached hydrogen (secondary N) is 2. The number of urea groups is 1. The number of halogens is 1. The molecule has 144 valence electrons. The molecule has 0 aromatic heterocycles. The van der Waals surface area contributed by atoms with Gasteiger partial charge in [-0.15, -0.1) is 0 Å². The van der Waals surface area contributed by atoms with Crippen LogP contribution >= 0.6 is 11.6 Å². The summed E-state index contributed by atoms with van der Waals surface area (Å²) in [5.41, 5.74) is 1.95. The Morgan fingerprint density at radius 3 is 2.57 bits per heavy atom. The molecule has 0 radical (unpaired) electrons. The number of rotatable bonds is 5. The van der Waals surface area contributed by atoms with Crippen LogP contribution in [0.3, 0.4) is 0 Å². The van der Waals surface area contributed by atoms with Gasteiger partial charge < -0.3 is 10.6 Å². The summed E-state index contributed by atoms with van der Waals surface area (Å²) in [4.78, 5) is 14.9. The number of fused-ring (bicyclic) bond motifs is 1. The van der Waals surface area contributed by atoms with E-state index in [1.54, 1.807) is 12.1 Å². The first kappa shape index (κ1) is 18.8. The lowest BCUT2D eigenvalue weighted by Gasteiger charge is -2.29. The van der Waals surface area contributed by atoms with Gasteiger partial charge in [0.05, 0.1) is 6.04 Å². The van der Waals surface area contributed by atoms with E-state index in [2.05, 4.69) is 58.0 Å². The molecule has 0 saturated carbocycles. The van der Waals surface area contributed by atoms with Crippen LogP contribution in [0.15, 0.2) is 66.7 Å². The average Bonchev–Trinajstić information content (AvgIpc) is 3.23. The minimum Gasteiger partial charge on any atom is -0.336 e. The first-order chi connectivity index (χ1) is 13.7. The Kier molecular flexibility index (Phi) is 5.79. The fourth-order valence-corrected chi connectivity index (χ4v) is 4.15. The number of nitrogens with zero attached hydrogens (tertiary/aromatic N) is 1. The van der Waals surface area contributed by atoms with E-state index in [-0.39, 0.29) is 12.1 Å². The van der Waals surface area contributed by atoms with Gasteiger partial charge in [-0.25, -0.2) is 4.79 Å². The fraction of sp³-hybridized carbons (Fsp3) is 0.261. The molecular formula is C23H24ClN3O. The largest absolute Gasteiger partial charge is 0.336 e. The molecule has 2 amide bonds. The van der Waals surface area contributed by atoms with E-state index in [1.807, 2.05) is 12.1 Å². The molecular weight excluding hydrogens is 370 g/mol. The van der Waals surface area contributed by atoms with Gasteiger partial charge in [-0.3, -0.25) is 4.90 Å². The number of anilines is 1. The van der Waals surface area contributed by atoms with Crippen LogP contribution in [0.1, 0.15) is 24.4 Å². The van der Waals surface area contributed by atoms with E-state index in [1.165, 1.54) is 29.2 Å². The van der Waals surface area contributed by atoms with Crippen molar-refractivity contribution < 1.29 is 4.79 Å². The lowest BCUT2D eigenvalue weighted by Crippen LogP contribution is -2.38. The van der Waals surface area contributed by atoms with Gasteiger partial charge in [-0.2, -0.15) is 0 Å². The van der Waals surface area contributed by atoms with Crippen molar-refractivity contribution in [2.45, 2.75) is 18.9 Å². The van der Waals surface area contributed by atoms with E-state index >= 15 is 0 Å². The summed E-state index contributed by atoms with van der Waals surface area (Å²) < 4.78 is 0. The van der Waals surface area contributed by atoms with E-state index in [0.29, 0.717) is 17.3 Å². The Morgan fingerprint density at radius 1 is 1.00 bits per heavy atom. The van der Waals surface area contributed by atoms with Gasteiger partial charge in [0.1, 0.15) is 0 Å². The SMILES string of the molecule is O=C(NC[C@H](c1cccc2ccccc12)N1CCCC1)Nc1cccc(Cl)c1. The topological polar surface area (TPSA) is 44.4 Å². The summed E-state index contributed by atoms with van der Waals surface area (Å²) in [6.07, 6.45) is 2.41. The zero-order valence-electron chi connectivity index (χ0n) is 15.7. The fourth-order valence-electron chi connectivity index (χ4n) is 3.96. The Balaban J connectivity index is 1.53. The summed E-state index contributed by atoms with van der Waals surface area (Å²) in [6, 6.07) is 22.0. The quantitative estimate of drug-likeness (QED) is 0.605. The Labute approximate surface area is 170 Å². The second kappa shape index (κ2) is 8.63. The van der Waals surface area contributed by atoms with Crippen LogP contribution in [0.4, 0.5) is 10.5 Å². The predicted octanol–water partition coefficient (Wildman–Crippen LogP) is 5.45. The second-order valence-electron chi connectivity index (χ2n) is 7.17. The monoisotopic (exact) mass is 393 g/mol. The van der Waals surface area contributed by atoms with E-state index in [0.717, 1.165) is 13.1 Å². The van der Waals surface area contributed by atoms with Crippen molar-refractivity contribution in [3.63, 3.8) is 0 Å². The van der Waals surface area contributed by atoms with Gasteiger partial charge in [0.25, 0.3) is 0 Å². The van der Waals surface area contributed by atoms with Crippen LogP contribution in [-0.4, -0.2) is 30.6 Å². The molecule has 1 saturated heterocycles. The molecule has 1 heterocycles. The van der Waals surface area contributed by atoms with Gasteiger partial charge >= 0.3 is 6.03 Å². The van der Waals surface area contributed by atoms with E-state index in [9.17, 15) is 4.79 Å². The molecule has 0 bridgehead atoms. The molecule has 1 fully saturated rings. The van der Waals surface area contributed by atoms with Gasteiger partial charge in [0, 0.05) is 17.3 Å². The molecule has 3 aromatic carbocycles. The number of hydrogen-bond acceptors (Lipinski definition) is 2. The molecule has 2 N–H and O–H groups in total. The highest BCUT2D eigenvalue weighted by Crippen LogP contribution is 2.30. The highest BCUT2D eigenvalue weighted by Gasteiger charge is 2.25. The molecule has 4 rings (SSSR count). The zero-order valence-corrected chi connectivity index (χ0v) is 16.5. The van der Waals surface area contributed by atoms with Crippen molar-refractivity contribution in [1.82, 2.24) is 10.2 Å². The normalized spacial score (nSPS) is 15.5. The first-order valence-corrected chi connectivity index (χ1v) is 10.1. The van der Waals surface area contributed by atoms with Crippen molar-refractivity contribution in [2.75, 3.05) is 25.0 Å². The number of carbonyl (C=O) groups is 1. The average molecular weight is 394 g/mol. The van der Waals surface area contributed by atoms with Gasteiger partial charge in [0.15, 0.2) is 0 Å². The van der Waals surface area contributed by atoms with Crippen LogP contribution in [0.25, 0.3) is 10.8 Å². The van der Waals surface area contributed by atoms with Crippen LogP contribution in [0.2, 0.25) is 5.02 Å². The van der Waals surface area contributed by atoms with Gasteiger partial charge in [0.2, 0.25) is 0 Å². The molecule has 28 heavy (non-hydrogen) atoms. The van der Waals surface area contributed by atoms with Crippen LogP contribution in [0.5, 0.6) is 0 Å². The molecule has 5 heteroatoms. The van der Waals surface area contributed by atoms with Crippen molar-refractivity contribution in [2.24, 2.45) is 0 Å². The van der Waals surface area contributed by atoms with Crippen LogP contribution < -0.4 is 10.6 Å². The third kappa shape index (κ3) is 4.29. The Morgan fingerprint density at radius 2 is 1.75 bits per heavy atom. The predicted molar refractivity (Wildman–Crippen MR) is 116 cm³/mol. The van der Waals surface area contributed by atoms with Crippen LogP contribution in [-0.2, 0) is 0 Å². The number of carbonyl (C=O) groups excluding carboxylic acids is 1. The summed E-state index contributed by atoms with van der Waals surface area (Å²) in [5, 5.41) is 9.00. The smallest absolute Gasteiger partial charge is 0.319 e.